The van der Waals surface area contributed by atoms with Crippen molar-refractivity contribution in [1.29, 1.82) is 0 Å². The van der Waals surface area contributed by atoms with Gasteiger partial charge in [-0.05, 0) is 52.2 Å². The van der Waals surface area contributed by atoms with E-state index in [1.165, 1.54) is 4.90 Å². The van der Waals surface area contributed by atoms with E-state index in [9.17, 15) is 9.59 Å². The number of nitrogens with zero attached hydrogens (tertiary/aromatic N) is 3. The van der Waals surface area contributed by atoms with Crippen molar-refractivity contribution in [2.24, 2.45) is 10.9 Å². The number of benzene rings is 1. The highest BCUT2D eigenvalue weighted by Crippen LogP contribution is 2.27. The first kappa shape index (κ1) is 18.4. The summed E-state index contributed by atoms with van der Waals surface area (Å²) in [6, 6.07) is 10.2. The zero-order valence-electron chi connectivity index (χ0n) is 15.7. The van der Waals surface area contributed by atoms with Crippen molar-refractivity contribution in [3.63, 3.8) is 0 Å². The molecular weight excluding hydrogens is 330 g/mol. The molecule has 140 valence electrons. The van der Waals surface area contributed by atoms with Crippen molar-refractivity contribution >= 4 is 24.0 Å². The number of imide groups is 1. The Bertz CT molecular complexity index is 681. The van der Waals surface area contributed by atoms with Crippen LogP contribution in [-0.2, 0) is 9.53 Å². The van der Waals surface area contributed by atoms with Gasteiger partial charge in [0.1, 0.15) is 5.60 Å². The first-order valence-electron chi connectivity index (χ1n) is 9.23. The summed E-state index contributed by atoms with van der Waals surface area (Å²) in [5, 5.41) is 0. The number of rotatable bonds is 3. The molecule has 26 heavy (non-hydrogen) atoms. The van der Waals surface area contributed by atoms with Gasteiger partial charge in [0.15, 0.2) is 0 Å². The van der Waals surface area contributed by atoms with E-state index in [4.69, 9.17) is 4.74 Å². The van der Waals surface area contributed by atoms with Crippen LogP contribution >= 0.6 is 0 Å². The maximum absolute atomic E-state index is 12.8. The molecule has 1 saturated heterocycles. The Kier molecular flexibility index (Phi) is 5.30. The maximum Gasteiger partial charge on any atom is 0.417 e. The summed E-state index contributed by atoms with van der Waals surface area (Å²) in [6.07, 6.45) is 3.59. The molecule has 2 atom stereocenters. The predicted octanol–water partition coefficient (Wildman–Crippen LogP) is 3.47. The number of amides is 2. The lowest BCUT2D eigenvalue weighted by molar-refractivity contribution is -0.137. The third-order valence-corrected chi connectivity index (χ3v) is 4.63. The summed E-state index contributed by atoms with van der Waals surface area (Å²) in [5.74, 6) is -0.298. The Balaban J connectivity index is 1.58. The molecule has 2 amide bonds. The van der Waals surface area contributed by atoms with Crippen molar-refractivity contribution in [1.82, 2.24) is 4.90 Å². The molecule has 2 aliphatic rings. The lowest BCUT2D eigenvalue weighted by Crippen LogP contribution is -2.47. The van der Waals surface area contributed by atoms with Crippen molar-refractivity contribution in [2.45, 2.75) is 51.7 Å². The molecule has 2 heterocycles. The van der Waals surface area contributed by atoms with E-state index >= 15 is 0 Å². The number of anilines is 1. The molecule has 1 aromatic carbocycles. The molecule has 1 fully saturated rings. The average Bonchev–Trinajstić information content (AvgIpc) is 3.04. The second-order valence-corrected chi connectivity index (χ2v) is 7.95. The van der Waals surface area contributed by atoms with E-state index in [2.05, 4.69) is 9.89 Å². The van der Waals surface area contributed by atoms with Crippen LogP contribution < -0.4 is 4.90 Å². The minimum atomic E-state index is -0.601. The molecule has 0 aliphatic carbocycles. The molecule has 6 nitrogen and oxygen atoms in total. The number of carbonyl (C=O) groups is 2. The van der Waals surface area contributed by atoms with Gasteiger partial charge >= 0.3 is 6.09 Å². The van der Waals surface area contributed by atoms with Crippen LogP contribution in [-0.4, -0.2) is 48.0 Å². The zero-order valence-corrected chi connectivity index (χ0v) is 15.7. The lowest BCUT2D eigenvalue weighted by atomic mass is 9.91. The lowest BCUT2D eigenvalue weighted by Gasteiger charge is -2.33. The van der Waals surface area contributed by atoms with Gasteiger partial charge in [0.25, 0.3) is 0 Å². The fraction of sp³-hybridized carbons (Fsp3) is 0.550. The summed E-state index contributed by atoms with van der Waals surface area (Å²) in [5.41, 5.74) is 0.500. The van der Waals surface area contributed by atoms with Crippen LogP contribution in [0.4, 0.5) is 10.5 Å². The molecule has 6 heteroatoms. The number of ether oxygens (including phenoxy) is 1. The largest absolute Gasteiger partial charge is 0.443 e. The van der Waals surface area contributed by atoms with E-state index in [0.717, 1.165) is 25.1 Å². The average molecular weight is 357 g/mol. The zero-order chi connectivity index (χ0) is 18.7. The second kappa shape index (κ2) is 7.48. The van der Waals surface area contributed by atoms with Crippen LogP contribution in [0.5, 0.6) is 0 Å². The normalized spacial score (nSPS) is 23.4. The Morgan fingerprint density at radius 2 is 2.00 bits per heavy atom. The Morgan fingerprint density at radius 1 is 1.27 bits per heavy atom. The Hall–Kier alpha value is -2.37. The van der Waals surface area contributed by atoms with Gasteiger partial charge in [-0.1, -0.05) is 18.2 Å². The summed E-state index contributed by atoms with van der Waals surface area (Å²) >= 11 is 0. The van der Waals surface area contributed by atoms with Crippen LogP contribution in [0, 0.1) is 5.92 Å². The van der Waals surface area contributed by atoms with Gasteiger partial charge in [-0.2, -0.15) is 0 Å². The van der Waals surface area contributed by atoms with Crippen molar-refractivity contribution in [2.75, 3.05) is 18.0 Å². The van der Waals surface area contributed by atoms with E-state index in [-0.39, 0.29) is 17.9 Å². The van der Waals surface area contributed by atoms with Gasteiger partial charge < -0.3 is 9.64 Å². The maximum atomic E-state index is 12.8. The number of carbonyl (C=O) groups excluding carboxylic acids is 2. The summed E-state index contributed by atoms with van der Waals surface area (Å²) < 4.78 is 5.37. The highest BCUT2D eigenvalue weighted by Gasteiger charge is 2.37. The Morgan fingerprint density at radius 3 is 2.69 bits per heavy atom. The van der Waals surface area contributed by atoms with E-state index < -0.39 is 11.7 Å². The second-order valence-electron chi connectivity index (χ2n) is 7.95. The molecule has 0 N–H and O–H groups in total. The number of hydrogen-bond acceptors (Lipinski definition) is 5. The van der Waals surface area contributed by atoms with E-state index in [1.54, 1.807) is 0 Å². The summed E-state index contributed by atoms with van der Waals surface area (Å²) in [4.78, 5) is 33.0. The van der Waals surface area contributed by atoms with Gasteiger partial charge in [-0.25, -0.2) is 9.69 Å². The first-order valence-corrected chi connectivity index (χ1v) is 9.23. The fourth-order valence-electron chi connectivity index (χ4n) is 3.42. The molecule has 1 aromatic rings. The van der Waals surface area contributed by atoms with Crippen LogP contribution in [0.15, 0.2) is 35.3 Å². The van der Waals surface area contributed by atoms with Gasteiger partial charge in [0.2, 0.25) is 5.91 Å². The van der Waals surface area contributed by atoms with Crippen LogP contribution in [0.25, 0.3) is 0 Å². The van der Waals surface area contributed by atoms with Crippen molar-refractivity contribution < 1.29 is 14.3 Å². The first-order chi connectivity index (χ1) is 12.3. The monoisotopic (exact) mass is 357 g/mol. The van der Waals surface area contributed by atoms with Crippen molar-refractivity contribution in [3.8, 4) is 0 Å². The van der Waals surface area contributed by atoms with Gasteiger partial charge in [0.05, 0.1) is 12.4 Å². The summed E-state index contributed by atoms with van der Waals surface area (Å²) in [6.45, 7) is 6.63. The van der Waals surface area contributed by atoms with E-state index in [0.29, 0.717) is 13.0 Å². The number of piperidine rings is 1. The standard InChI is InChI=1S/C20H27N3O3/c1-20(2,3)26-19(25)23-11-7-8-15(18(23)24)12-16-13-22(14-21-16)17-9-5-4-6-10-17/h4-6,9-10,14-16H,7-8,11-13H2,1-3H3. The van der Waals surface area contributed by atoms with Crippen LogP contribution in [0.2, 0.25) is 0 Å². The predicted molar refractivity (Wildman–Crippen MR) is 101 cm³/mol. The van der Waals surface area contributed by atoms with Crippen LogP contribution in [0.1, 0.15) is 40.0 Å². The quantitative estimate of drug-likeness (QED) is 0.831. The number of aliphatic imine (C=N–C) groups is 1. The highest BCUT2D eigenvalue weighted by molar-refractivity contribution is 5.94. The molecule has 0 saturated carbocycles. The molecule has 2 aliphatic heterocycles. The summed E-state index contributed by atoms with van der Waals surface area (Å²) in [7, 11) is 0. The smallest absolute Gasteiger partial charge is 0.417 e. The Labute approximate surface area is 154 Å². The van der Waals surface area contributed by atoms with Gasteiger partial charge in [0, 0.05) is 24.7 Å². The minimum absolute atomic E-state index is 0.0720. The van der Waals surface area contributed by atoms with Crippen molar-refractivity contribution in [3.05, 3.63) is 30.3 Å². The molecule has 0 radical (unpaired) electrons. The fourth-order valence-corrected chi connectivity index (χ4v) is 3.42. The third kappa shape index (κ3) is 4.42. The van der Waals surface area contributed by atoms with E-state index in [1.807, 2.05) is 57.4 Å². The molecular formula is C20H27N3O3. The molecule has 0 spiro atoms. The molecule has 2 unspecified atom stereocenters. The van der Waals surface area contributed by atoms with Gasteiger partial charge in [-0.3, -0.25) is 9.79 Å². The third-order valence-electron chi connectivity index (χ3n) is 4.63. The molecule has 3 rings (SSSR count). The molecule has 0 bridgehead atoms. The highest BCUT2D eigenvalue weighted by atomic mass is 16.6. The number of likely N-dealkylation sites (tertiary alicyclic amines) is 1. The topological polar surface area (TPSA) is 62.2 Å². The SMILES string of the molecule is CC(C)(C)OC(=O)N1CCCC(CC2CN(c3ccccc3)C=N2)C1=O. The van der Waals surface area contributed by atoms with Gasteiger partial charge in [-0.15, -0.1) is 0 Å². The number of para-hydroxylation sites is 1. The van der Waals surface area contributed by atoms with Crippen LogP contribution in [0.3, 0.4) is 0 Å². The number of hydrogen-bond donors (Lipinski definition) is 0. The minimum Gasteiger partial charge on any atom is -0.443 e. The molecule has 0 aromatic heterocycles.